The second kappa shape index (κ2) is 5.51. The van der Waals surface area contributed by atoms with Gasteiger partial charge in [-0.3, -0.25) is 5.26 Å². The van der Waals surface area contributed by atoms with E-state index in [1.54, 1.807) is 0 Å². The molecule has 0 aliphatic rings. The third-order valence-corrected chi connectivity index (χ3v) is 2.00. The molecule has 2 heteroatoms. The van der Waals surface area contributed by atoms with Crippen molar-refractivity contribution in [1.29, 1.82) is 0 Å². The molecule has 1 N–H and O–H groups in total. The first-order chi connectivity index (χ1) is 6.38. The van der Waals surface area contributed by atoms with Crippen molar-refractivity contribution in [3.05, 3.63) is 48.6 Å². The van der Waals surface area contributed by atoms with Gasteiger partial charge in [-0.05, 0) is 12.0 Å². The van der Waals surface area contributed by atoms with Crippen LogP contribution in [0.4, 0.5) is 0 Å². The van der Waals surface area contributed by atoms with E-state index in [0.29, 0.717) is 6.61 Å². The quantitative estimate of drug-likeness (QED) is 0.427. The molecule has 0 bridgehead atoms. The van der Waals surface area contributed by atoms with E-state index in [0.717, 1.165) is 12.0 Å². The topological polar surface area (TPSA) is 29.5 Å². The molecule has 0 saturated heterocycles. The predicted molar refractivity (Wildman–Crippen MR) is 52.6 cm³/mol. The molecule has 0 aliphatic carbocycles. The molecule has 1 aromatic carbocycles. The van der Waals surface area contributed by atoms with Crippen molar-refractivity contribution in [2.24, 2.45) is 0 Å². The van der Waals surface area contributed by atoms with Gasteiger partial charge in [-0.25, -0.2) is 4.89 Å². The predicted octanol–water partition coefficient (Wildman–Crippen LogP) is 2.84. The van der Waals surface area contributed by atoms with Crippen molar-refractivity contribution in [3.63, 3.8) is 0 Å². The van der Waals surface area contributed by atoms with Gasteiger partial charge in [-0.15, -0.1) is 6.58 Å². The van der Waals surface area contributed by atoms with Crippen molar-refractivity contribution >= 4 is 0 Å². The van der Waals surface area contributed by atoms with Gasteiger partial charge in [0.2, 0.25) is 0 Å². The van der Waals surface area contributed by atoms with Crippen molar-refractivity contribution < 1.29 is 10.1 Å². The fourth-order valence-electron chi connectivity index (χ4n) is 1.32. The van der Waals surface area contributed by atoms with Crippen LogP contribution >= 0.6 is 0 Å². The zero-order valence-corrected chi connectivity index (χ0v) is 7.52. The number of benzene rings is 1. The Morgan fingerprint density at radius 3 is 2.62 bits per heavy atom. The first-order valence-corrected chi connectivity index (χ1v) is 4.30. The molecule has 0 heterocycles. The minimum Gasteiger partial charge on any atom is -0.252 e. The first kappa shape index (κ1) is 9.96. The summed E-state index contributed by atoms with van der Waals surface area (Å²) in [6.45, 7) is 3.99. The summed E-state index contributed by atoms with van der Waals surface area (Å²) < 4.78 is 0. The monoisotopic (exact) mass is 178 g/mol. The van der Waals surface area contributed by atoms with E-state index in [1.807, 2.05) is 36.4 Å². The van der Waals surface area contributed by atoms with Crippen molar-refractivity contribution in [3.8, 4) is 0 Å². The second-order valence-corrected chi connectivity index (χ2v) is 2.93. The summed E-state index contributed by atoms with van der Waals surface area (Å²) in [7, 11) is 0. The normalized spacial score (nSPS) is 12.4. The van der Waals surface area contributed by atoms with E-state index in [2.05, 4.69) is 11.5 Å². The third-order valence-electron chi connectivity index (χ3n) is 2.00. The molecule has 0 saturated carbocycles. The summed E-state index contributed by atoms with van der Waals surface area (Å²) in [4.78, 5) is 4.16. The molecule has 2 nitrogen and oxygen atoms in total. The highest BCUT2D eigenvalue weighted by Crippen LogP contribution is 2.19. The van der Waals surface area contributed by atoms with E-state index in [4.69, 9.17) is 5.26 Å². The van der Waals surface area contributed by atoms with Gasteiger partial charge in [0.1, 0.15) is 0 Å². The van der Waals surface area contributed by atoms with Crippen LogP contribution in [0, 0.1) is 0 Å². The Hall–Kier alpha value is -1.12. The standard InChI is InChI=1S/C11H14O2/c1-2-6-11(9-13-12)10-7-4-3-5-8-10/h2-5,7-8,11-12H,1,6,9H2. The molecule has 13 heavy (non-hydrogen) atoms. The lowest BCUT2D eigenvalue weighted by Crippen LogP contribution is -2.05. The molecule has 0 amide bonds. The molecular weight excluding hydrogens is 164 g/mol. The van der Waals surface area contributed by atoms with Crippen LogP contribution in [-0.4, -0.2) is 11.9 Å². The Bertz CT molecular complexity index is 244. The van der Waals surface area contributed by atoms with Crippen LogP contribution in [0.1, 0.15) is 17.9 Å². The fourth-order valence-corrected chi connectivity index (χ4v) is 1.32. The van der Waals surface area contributed by atoms with Crippen LogP contribution in [0.5, 0.6) is 0 Å². The minimum atomic E-state index is 0.198. The number of hydrogen-bond acceptors (Lipinski definition) is 2. The average molecular weight is 178 g/mol. The Morgan fingerprint density at radius 1 is 1.38 bits per heavy atom. The number of allylic oxidation sites excluding steroid dienone is 1. The molecule has 0 radical (unpaired) electrons. The maximum absolute atomic E-state index is 8.39. The Balaban J connectivity index is 2.69. The summed E-state index contributed by atoms with van der Waals surface area (Å²) in [6, 6.07) is 9.96. The van der Waals surface area contributed by atoms with Gasteiger partial charge >= 0.3 is 0 Å². The van der Waals surface area contributed by atoms with Gasteiger partial charge in [0.15, 0.2) is 0 Å². The van der Waals surface area contributed by atoms with Gasteiger partial charge < -0.3 is 0 Å². The lowest BCUT2D eigenvalue weighted by Gasteiger charge is -2.12. The van der Waals surface area contributed by atoms with Crippen LogP contribution in [0.15, 0.2) is 43.0 Å². The average Bonchev–Trinajstić information content (AvgIpc) is 2.19. The minimum absolute atomic E-state index is 0.198. The number of hydrogen-bond donors (Lipinski definition) is 1. The first-order valence-electron chi connectivity index (χ1n) is 4.30. The van der Waals surface area contributed by atoms with Gasteiger partial charge in [0.25, 0.3) is 0 Å². The van der Waals surface area contributed by atoms with E-state index in [9.17, 15) is 0 Å². The molecule has 1 unspecified atom stereocenters. The van der Waals surface area contributed by atoms with Crippen LogP contribution in [0.25, 0.3) is 0 Å². The van der Waals surface area contributed by atoms with E-state index >= 15 is 0 Å². The van der Waals surface area contributed by atoms with E-state index in [1.165, 1.54) is 0 Å². The molecule has 0 fully saturated rings. The SMILES string of the molecule is C=CCC(COO)c1ccccc1. The van der Waals surface area contributed by atoms with Crippen LogP contribution in [-0.2, 0) is 4.89 Å². The second-order valence-electron chi connectivity index (χ2n) is 2.93. The number of rotatable bonds is 5. The summed E-state index contributed by atoms with van der Waals surface area (Å²) in [5.41, 5.74) is 1.16. The summed E-state index contributed by atoms with van der Waals surface area (Å²) in [6.07, 6.45) is 2.64. The van der Waals surface area contributed by atoms with Gasteiger partial charge in [0, 0.05) is 5.92 Å². The zero-order valence-electron chi connectivity index (χ0n) is 7.52. The lowest BCUT2D eigenvalue weighted by molar-refractivity contribution is -0.245. The summed E-state index contributed by atoms with van der Waals surface area (Å²) >= 11 is 0. The van der Waals surface area contributed by atoms with Gasteiger partial charge in [0.05, 0.1) is 6.61 Å². The highest BCUT2D eigenvalue weighted by atomic mass is 17.1. The molecule has 1 atom stereocenters. The maximum Gasteiger partial charge on any atom is 0.0891 e. The molecule has 1 aromatic rings. The Kier molecular flexibility index (Phi) is 4.23. The highest BCUT2D eigenvalue weighted by molar-refractivity contribution is 5.20. The van der Waals surface area contributed by atoms with Gasteiger partial charge in [-0.1, -0.05) is 36.4 Å². The third kappa shape index (κ3) is 3.01. The van der Waals surface area contributed by atoms with Crippen LogP contribution in [0.2, 0.25) is 0 Å². The molecule has 0 spiro atoms. The smallest absolute Gasteiger partial charge is 0.0891 e. The fraction of sp³-hybridized carbons (Fsp3) is 0.273. The Labute approximate surface area is 78.4 Å². The summed E-state index contributed by atoms with van der Waals surface area (Å²) in [5, 5.41) is 8.39. The van der Waals surface area contributed by atoms with Gasteiger partial charge in [-0.2, -0.15) is 0 Å². The maximum atomic E-state index is 8.39. The van der Waals surface area contributed by atoms with Crippen molar-refractivity contribution in [2.75, 3.05) is 6.61 Å². The summed E-state index contributed by atoms with van der Waals surface area (Å²) in [5.74, 6) is 0.198. The van der Waals surface area contributed by atoms with Crippen LogP contribution < -0.4 is 0 Å². The zero-order chi connectivity index (χ0) is 9.52. The van der Waals surface area contributed by atoms with E-state index in [-0.39, 0.29) is 5.92 Å². The van der Waals surface area contributed by atoms with E-state index < -0.39 is 0 Å². The molecule has 70 valence electrons. The molecular formula is C11H14O2. The largest absolute Gasteiger partial charge is 0.252 e. The van der Waals surface area contributed by atoms with Crippen molar-refractivity contribution in [2.45, 2.75) is 12.3 Å². The Morgan fingerprint density at radius 2 is 2.08 bits per heavy atom. The van der Waals surface area contributed by atoms with Crippen LogP contribution in [0.3, 0.4) is 0 Å². The van der Waals surface area contributed by atoms with Crippen molar-refractivity contribution in [1.82, 2.24) is 0 Å². The lowest BCUT2D eigenvalue weighted by atomic mass is 9.97. The molecule has 1 rings (SSSR count). The molecule has 0 aromatic heterocycles. The molecule has 0 aliphatic heterocycles. The highest BCUT2D eigenvalue weighted by Gasteiger charge is 2.08.